The van der Waals surface area contributed by atoms with Crippen LogP contribution in [-0.2, 0) is 9.92 Å². The first kappa shape index (κ1) is 22.5. The minimum atomic E-state index is -3.35. The molecule has 2 aliphatic heterocycles. The molecule has 170 valence electrons. The zero-order valence-corrected chi connectivity index (χ0v) is 19.6. The van der Waals surface area contributed by atoms with Crippen LogP contribution >= 0.6 is 0 Å². The summed E-state index contributed by atoms with van der Waals surface area (Å²) in [6, 6.07) is 16.2. The van der Waals surface area contributed by atoms with Crippen molar-refractivity contribution in [1.82, 2.24) is 9.80 Å². The molecular weight excluding hydrogens is 420 g/mol. The molecule has 1 amide bonds. The highest BCUT2D eigenvalue weighted by atomic mass is 32.2. The van der Waals surface area contributed by atoms with Crippen molar-refractivity contribution < 1.29 is 9.00 Å². The van der Waals surface area contributed by atoms with Gasteiger partial charge in [-0.3, -0.25) is 4.79 Å². The van der Waals surface area contributed by atoms with Gasteiger partial charge in [-0.05, 0) is 69.7 Å². The SMILES string of the molecule is Cc1ccc(S(=O)(N=C(N2CCCCC2)N2CCCCC2)=NC(=O)c2ccccc2)cc1. The predicted molar refractivity (Wildman–Crippen MR) is 129 cm³/mol. The Hall–Kier alpha value is -2.67. The fourth-order valence-electron chi connectivity index (χ4n) is 4.20. The Kier molecular flexibility index (Phi) is 7.25. The fourth-order valence-corrected chi connectivity index (χ4v) is 5.73. The second kappa shape index (κ2) is 10.3. The van der Waals surface area contributed by atoms with Gasteiger partial charge in [0, 0.05) is 31.7 Å². The lowest BCUT2D eigenvalue weighted by molar-refractivity contribution is 0.100. The van der Waals surface area contributed by atoms with Crippen molar-refractivity contribution in [3.63, 3.8) is 0 Å². The zero-order valence-electron chi connectivity index (χ0n) is 18.8. The monoisotopic (exact) mass is 452 g/mol. The summed E-state index contributed by atoms with van der Waals surface area (Å²) in [5.41, 5.74) is 1.47. The number of rotatable bonds is 3. The van der Waals surface area contributed by atoms with Gasteiger partial charge in [0.2, 0.25) is 5.96 Å². The van der Waals surface area contributed by atoms with E-state index in [2.05, 4.69) is 14.2 Å². The van der Waals surface area contributed by atoms with Crippen LogP contribution in [-0.4, -0.2) is 52.1 Å². The molecule has 1 atom stereocenters. The summed E-state index contributed by atoms with van der Waals surface area (Å²) in [5.74, 6) is 0.233. The van der Waals surface area contributed by atoms with E-state index >= 15 is 0 Å². The van der Waals surface area contributed by atoms with E-state index in [4.69, 9.17) is 4.40 Å². The molecule has 32 heavy (non-hydrogen) atoms. The van der Waals surface area contributed by atoms with Gasteiger partial charge in [-0.25, -0.2) is 4.21 Å². The van der Waals surface area contributed by atoms with Crippen LogP contribution in [0.4, 0.5) is 0 Å². The van der Waals surface area contributed by atoms with Crippen LogP contribution in [0.25, 0.3) is 0 Å². The molecule has 0 spiro atoms. The lowest BCUT2D eigenvalue weighted by Gasteiger charge is -2.38. The summed E-state index contributed by atoms with van der Waals surface area (Å²) in [7, 11) is -3.35. The molecule has 2 saturated heterocycles. The van der Waals surface area contributed by atoms with Crippen LogP contribution < -0.4 is 0 Å². The number of benzene rings is 2. The minimum Gasteiger partial charge on any atom is -0.342 e. The third-order valence-corrected chi connectivity index (χ3v) is 7.75. The number of likely N-dealkylation sites (tertiary alicyclic amines) is 2. The number of amides is 1. The van der Waals surface area contributed by atoms with Gasteiger partial charge in [0.15, 0.2) is 9.92 Å². The molecule has 2 aromatic rings. The third kappa shape index (κ3) is 5.38. The number of nitrogens with zero attached hydrogens (tertiary/aromatic N) is 4. The van der Waals surface area contributed by atoms with Gasteiger partial charge in [-0.15, -0.1) is 8.76 Å². The van der Waals surface area contributed by atoms with Crippen LogP contribution in [0.5, 0.6) is 0 Å². The third-order valence-electron chi connectivity index (χ3n) is 6.04. The summed E-state index contributed by atoms with van der Waals surface area (Å²) in [5, 5.41) is 0. The maximum absolute atomic E-state index is 14.3. The molecule has 0 saturated carbocycles. The maximum atomic E-state index is 14.3. The molecule has 1 unspecified atom stereocenters. The maximum Gasteiger partial charge on any atom is 0.286 e. The number of piperidine rings is 2. The molecule has 2 aliphatic rings. The first-order chi connectivity index (χ1) is 15.5. The first-order valence-corrected chi connectivity index (χ1v) is 13.1. The van der Waals surface area contributed by atoms with E-state index in [1.807, 2.05) is 25.1 Å². The van der Waals surface area contributed by atoms with Gasteiger partial charge in [0.1, 0.15) is 0 Å². The van der Waals surface area contributed by atoms with Crippen LogP contribution in [0.3, 0.4) is 0 Å². The number of carbonyl (C=O) groups excluding carboxylic acids is 1. The fraction of sp³-hybridized carbons (Fsp3) is 0.440. The van der Waals surface area contributed by atoms with Crippen molar-refractivity contribution in [2.45, 2.75) is 50.3 Å². The van der Waals surface area contributed by atoms with E-state index in [1.165, 1.54) is 12.8 Å². The van der Waals surface area contributed by atoms with E-state index in [0.29, 0.717) is 10.5 Å². The molecule has 2 fully saturated rings. The smallest absolute Gasteiger partial charge is 0.286 e. The molecular formula is C25H32N4O2S. The minimum absolute atomic E-state index is 0.417. The van der Waals surface area contributed by atoms with Crippen LogP contribution in [0.15, 0.2) is 68.3 Å². The highest BCUT2D eigenvalue weighted by Crippen LogP contribution is 2.22. The van der Waals surface area contributed by atoms with E-state index in [1.54, 1.807) is 36.4 Å². The Bertz CT molecular complexity index is 1040. The van der Waals surface area contributed by atoms with Crippen LogP contribution in [0.2, 0.25) is 0 Å². The molecule has 2 heterocycles. The number of hydrogen-bond donors (Lipinski definition) is 0. The highest BCUT2D eigenvalue weighted by Gasteiger charge is 2.26. The normalized spacial score (nSPS) is 18.5. The summed E-state index contributed by atoms with van der Waals surface area (Å²) < 4.78 is 23.4. The van der Waals surface area contributed by atoms with Crippen LogP contribution in [0, 0.1) is 6.92 Å². The zero-order chi connectivity index (χ0) is 22.4. The number of guanidine groups is 1. The summed E-state index contributed by atoms with van der Waals surface area (Å²) in [6.07, 6.45) is 6.79. The summed E-state index contributed by atoms with van der Waals surface area (Å²) in [6.45, 7) is 5.56. The van der Waals surface area contributed by atoms with Gasteiger partial charge in [-0.2, -0.15) is 0 Å². The largest absolute Gasteiger partial charge is 0.342 e. The summed E-state index contributed by atoms with van der Waals surface area (Å²) in [4.78, 5) is 17.9. The van der Waals surface area contributed by atoms with Crippen molar-refractivity contribution in [1.29, 1.82) is 0 Å². The van der Waals surface area contributed by atoms with E-state index in [-0.39, 0.29) is 0 Å². The van der Waals surface area contributed by atoms with Gasteiger partial charge >= 0.3 is 0 Å². The average molecular weight is 453 g/mol. The molecule has 0 bridgehead atoms. The standard InChI is InChI=1S/C25H32N4O2S/c1-21-13-15-23(16-14-21)32(31,26-24(30)22-11-5-2-6-12-22)27-25(28-17-7-3-8-18-28)29-19-9-4-10-20-29/h2,5-6,11-16H,3-4,7-10,17-20H2,1H3. The quantitative estimate of drug-likeness (QED) is 0.490. The van der Waals surface area contributed by atoms with Crippen molar-refractivity contribution in [3.05, 3.63) is 65.7 Å². The van der Waals surface area contributed by atoms with E-state index < -0.39 is 15.8 Å². The average Bonchev–Trinajstić information content (AvgIpc) is 2.84. The summed E-state index contributed by atoms with van der Waals surface area (Å²) >= 11 is 0. The van der Waals surface area contributed by atoms with Crippen molar-refractivity contribution >= 4 is 21.8 Å². The molecule has 0 N–H and O–H groups in total. The molecule has 7 heteroatoms. The molecule has 2 aromatic carbocycles. The van der Waals surface area contributed by atoms with Gasteiger partial charge < -0.3 is 9.80 Å². The second-order valence-corrected chi connectivity index (χ2v) is 10.4. The molecule has 0 aromatic heterocycles. The van der Waals surface area contributed by atoms with Gasteiger partial charge in [-0.1, -0.05) is 35.9 Å². The van der Waals surface area contributed by atoms with Crippen molar-refractivity contribution in [2.75, 3.05) is 26.2 Å². The lowest BCUT2D eigenvalue weighted by Crippen LogP contribution is -2.48. The number of hydrogen-bond acceptors (Lipinski definition) is 2. The van der Waals surface area contributed by atoms with Crippen molar-refractivity contribution in [2.24, 2.45) is 8.76 Å². The van der Waals surface area contributed by atoms with Gasteiger partial charge in [0.25, 0.3) is 5.91 Å². The topological polar surface area (TPSA) is 65.3 Å². The lowest BCUT2D eigenvalue weighted by atomic mass is 10.1. The second-order valence-electron chi connectivity index (χ2n) is 8.56. The van der Waals surface area contributed by atoms with Crippen molar-refractivity contribution in [3.8, 4) is 0 Å². The Morgan fingerprint density at radius 3 is 1.84 bits per heavy atom. The molecule has 6 nitrogen and oxygen atoms in total. The Balaban J connectivity index is 1.83. The Morgan fingerprint density at radius 2 is 1.31 bits per heavy atom. The number of aryl methyl sites for hydroxylation is 1. The van der Waals surface area contributed by atoms with Crippen LogP contribution in [0.1, 0.15) is 54.4 Å². The number of carbonyl (C=O) groups is 1. The van der Waals surface area contributed by atoms with E-state index in [0.717, 1.165) is 63.4 Å². The Labute approximate surface area is 191 Å². The van der Waals surface area contributed by atoms with E-state index in [9.17, 15) is 9.00 Å². The first-order valence-electron chi connectivity index (χ1n) is 11.6. The molecule has 0 aliphatic carbocycles. The van der Waals surface area contributed by atoms with Gasteiger partial charge in [0.05, 0.1) is 4.90 Å². The molecule has 4 rings (SSSR count). The predicted octanol–water partition coefficient (Wildman–Crippen LogP) is 4.91. The molecule has 0 radical (unpaired) electrons. The Morgan fingerprint density at radius 1 is 0.781 bits per heavy atom. The highest BCUT2D eigenvalue weighted by molar-refractivity contribution is 7.92.